The zero-order chi connectivity index (χ0) is 16.8. The van der Waals surface area contributed by atoms with E-state index in [2.05, 4.69) is 11.7 Å². The highest BCUT2D eigenvalue weighted by Gasteiger charge is 1.94. The first kappa shape index (κ1) is 22.3. The van der Waals surface area contributed by atoms with Gasteiger partial charge in [0.25, 0.3) is 0 Å². The summed E-state index contributed by atoms with van der Waals surface area (Å²) in [6.07, 6.45) is 7.70. The number of hydrogen-bond acceptors (Lipinski definition) is 6. The van der Waals surface area contributed by atoms with Crippen molar-refractivity contribution in [1.82, 2.24) is 0 Å². The first-order chi connectivity index (χ1) is 11.4. The molecule has 0 aromatic carbocycles. The van der Waals surface area contributed by atoms with Crippen LogP contribution in [0.5, 0.6) is 0 Å². The quantitative estimate of drug-likeness (QED) is 0.319. The van der Waals surface area contributed by atoms with Crippen molar-refractivity contribution in [3.8, 4) is 0 Å². The van der Waals surface area contributed by atoms with Gasteiger partial charge in [0.1, 0.15) is 6.61 Å². The van der Waals surface area contributed by atoms with Crippen LogP contribution in [0, 0.1) is 0 Å². The molecule has 0 bridgehead atoms. The molecule has 1 radical (unpaired) electrons. The zero-order valence-electron chi connectivity index (χ0n) is 14.6. The lowest BCUT2D eigenvalue weighted by molar-refractivity contribution is -0.00535. The predicted molar refractivity (Wildman–Crippen MR) is 88.3 cm³/mol. The number of rotatable bonds is 20. The summed E-state index contributed by atoms with van der Waals surface area (Å²) >= 11 is 0. The average Bonchev–Trinajstić information content (AvgIpc) is 2.57. The van der Waals surface area contributed by atoms with Crippen LogP contribution in [0.4, 0.5) is 0 Å². The van der Waals surface area contributed by atoms with Gasteiger partial charge >= 0.3 is 6.47 Å². The van der Waals surface area contributed by atoms with Gasteiger partial charge in [-0.3, -0.25) is 0 Å². The van der Waals surface area contributed by atoms with Crippen LogP contribution in [0.25, 0.3) is 0 Å². The minimum Gasteiger partial charge on any atom is -0.455 e. The van der Waals surface area contributed by atoms with E-state index in [0.717, 1.165) is 13.0 Å². The third-order valence-corrected chi connectivity index (χ3v) is 3.15. The van der Waals surface area contributed by atoms with Crippen molar-refractivity contribution in [2.75, 3.05) is 59.5 Å². The molecule has 6 nitrogen and oxygen atoms in total. The number of unbranched alkanes of at least 4 members (excludes halogenated alkanes) is 5. The molecule has 0 aliphatic heterocycles. The molecule has 0 spiro atoms. The van der Waals surface area contributed by atoms with Crippen LogP contribution in [-0.2, 0) is 28.5 Å². The van der Waals surface area contributed by atoms with Crippen LogP contribution in [0.1, 0.15) is 45.4 Å². The molecule has 0 aromatic rings. The normalized spacial score (nSPS) is 10.8. The summed E-state index contributed by atoms with van der Waals surface area (Å²) in [5.74, 6) is 0. The second-order valence-electron chi connectivity index (χ2n) is 5.15. The van der Waals surface area contributed by atoms with E-state index in [-0.39, 0.29) is 6.61 Å². The van der Waals surface area contributed by atoms with E-state index in [9.17, 15) is 4.79 Å². The number of hydrogen-bond donors (Lipinski definition) is 0. The molecular formula is C17H33O6. The maximum Gasteiger partial charge on any atom is 0.417 e. The van der Waals surface area contributed by atoms with Crippen LogP contribution < -0.4 is 0 Å². The molecule has 0 atom stereocenters. The topological polar surface area (TPSA) is 63.2 Å². The number of ether oxygens (including phenoxy) is 5. The Kier molecular flexibility index (Phi) is 20.7. The molecule has 0 aliphatic carbocycles. The highest BCUT2D eigenvalue weighted by atomic mass is 16.6. The van der Waals surface area contributed by atoms with Crippen molar-refractivity contribution in [2.45, 2.75) is 45.4 Å². The largest absolute Gasteiger partial charge is 0.455 e. The van der Waals surface area contributed by atoms with Crippen LogP contribution in [0.3, 0.4) is 0 Å². The minimum absolute atomic E-state index is 0.228. The lowest BCUT2D eigenvalue weighted by atomic mass is 10.1. The molecule has 0 unspecified atom stereocenters. The van der Waals surface area contributed by atoms with Crippen LogP contribution in [-0.4, -0.2) is 65.9 Å². The third-order valence-electron chi connectivity index (χ3n) is 3.15. The Morgan fingerprint density at radius 2 is 1.00 bits per heavy atom. The fourth-order valence-electron chi connectivity index (χ4n) is 1.89. The van der Waals surface area contributed by atoms with E-state index in [1.165, 1.54) is 38.6 Å². The standard InChI is InChI=1S/C17H33O6/c1-2-3-4-5-6-7-8-19-9-10-20-11-12-21-13-14-22-15-16-23-17-18/h2-16H2,1H3. The van der Waals surface area contributed by atoms with Gasteiger partial charge in [0.15, 0.2) is 0 Å². The fourth-order valence-corrected chi connectivity index (χ4v) is 1.89. The molecule has 0 rings (SSSR count). The summed E-state index contributed by atoms with van der Waals surface area (Å²) in [7, 11) is 0. The molecule has 0 N–H and O–H groups in total. The first-order valence-electron chi connectivity index (χ1n) is 8.71. The monoisotopic (exact) mass is 333 g/mol. The van der Waals surface area contributed by atoms with Crippen LogP contribution in [0.15, 0.2) is 0 Å². The van der Waals surface area contributed by atoms with E-state index < -0.39 is 0 Å². The summed E-state index contributed by atoms with van der Waals surface area (Å²) in [4.78, 5) is 9.74. The molecule has 0 aliphatic rings. The van der Waals surface area contributed by atoms with Gasteiger partial charge in [-0.2, -0.15) is 0 Å². The summed E-state index contributed by atoms with van der Waals surface area (Å²) in [6, 6.07) is 0. The molecule has 23 heavy (non-hydrogen) atoms. The van der Waals surface area contributed by atoms with Crippen molar-refractivity contribution in [1.29, 1.82) is 0 Å². The lowest BCUT2D eigenvalue weighted by Gasteiger charge is -2.07. The summed E-state index contributed by atoms with van der Waals surface area (Å²) < 4.78 is 25.7. The van der Waals surface area contributed by atoms with E-state index >= 15 is 0 Å². The van der Waals surface area contributed by atoms with Gasteiger partial charge in [0.05, 0.1) is 46.2 Å². The molecule has 6 heteroatoms. The van der Waals surface area contributed by atoms with Gasteiger partial charge < -0.3 is 23.7 Å². The molecule has 0 saturated heterocycles. The highest BCUT2D eigenvalue weighted by molar-refractivity contribution is 5.38. The average molecular weight is 333 g/mol. The van der Waals surface area contributed by atoms with E-state index in [1.807, 2.05) is 0 Å². The fraction of sp³-hybridized carbons (Fsp3) is 0.941. The van der Waals surface area contributed by atoms with Crippen molar-refractivity contribution in [3.63, 3.8) is 0 Å². The van der Waals surface area contributed by atoms with Crippen molar-refractivity contribution in [3.05, 3.63) is 0 Å². The lowest BCUT2D eigenvalue weighted by Crippen LogP contribution is -2.13. The Bertz CT molecular complexity index is 225. The third kappa shape index (κ3) is 21.3. The molecule has 0 heterocycles. The smallest absolute Gasteiger partial charge is 0.417 e. The zero-order valence-corrected chi connectivity index (χ0v) is 14.6. The Labute approximate surface area is 140 Å². The highest BCUT2D eigenvalue weighted by Crippen LogP contribution is 2.04. The van der Waals surface area contributed by atoms with E-state index in [0.29, 0.717) is 46.2 Å². The summed E-state index contributed by atoms with van der Waals surface area (Å²) in [6.45, 7) is 8.32. The second-order valence-corrected chi connectivity index (χ2v) is 5.15. The predicted octanol–water partition coefficient (Wildman–Crippen LogP) is 2.50. The van der Waals surface area contributed by atoms with E-state index in [1.54, 1.807) is 0 Å². The summed E-state index contributed by atoms with van der Waals surface area (Å²) in [5.41, 5.74) is 0. The molecule has 0 fully saturated rings. The van der Waals surface area contributed by atoms with Gasteiger partial charge in [0, 0.05) is 6.61 Å². The maximum absolute atomic E-state index is 9.74. The van der Waals surface area contributed by atoms with Gasteiger partial charge in [-0.25, -0.2) is 4.79 Å². The molecular weight excluding hydrogens is 300 g/mol. The Balaban J connectivity index is 2.93. The summed E-state index contributed by atoms with van der Waals surface area (Å²) in [5, 5.41) is 0. The van der Waals surface area contributed by atoms with Crippen molar-refractivity contribution in [2.24, 2.45) is 0 Å². The maximum atomic E-state index is 9.74. The van der Waals surface area contributed by atoms with Gasteiger partial charge in [-0.15, -0.1) is 0 Å². The van der Waals surface area contributed by atoms with E-state index in [4.69, 9.17) is 18.9 Å². The Hall–Kier alpha value is -0.690. The number of carbonyl (C=O) groups excluding carboxylic acids is 1. The molecule has 0 saturated carbocycles. The van der Waals surface area contributed by atoms with Crippen molar-refractivity contribution >= 4 is 6.47 Å². The van der Waals surface area contributed by atoms with Gasteiger partial charge in [0.2, 0.25) is 0 Å². The van der Waals surface area contributed by atoms with Gasteiger partial charge in [-0.1, -0.05) is 39.0 Å². The van der Waals surface area contributed by atoms with Crippen LogP contribution >= 0.6 is 0 Å². The van der Waals surface area contributed by atoms with Crippen molar-refractivity contribution < 1.29 is 28.5 Å². The second kappa shape index (κ2) is 21.3. The Morgan fingerprint density at radius 3 is 1.52 bits per heavy atom. The molecule has 0 amide bonds. The SMILES string of the molecule is CCCCCCCCOCCOCCOCCOCCO[C]=O. The van der Waals surface area contributed by atoms with Crippen LogP contribution in [0.2, 0.25) is 0 Å². The first-order valence-corrected chi connectivity index (χ1v) is 8.71. The minimum atomic E-state index is 0.228. The molecule has 0 aromatic heterocycles. The Morgan fingerprint density at radius 1 is 0.565 bits per heavy atom. The van der Waals surface area contributed by atoms with Gasteiger partial charge in [-0.05, 0) is 6.42 Å². The molecule has 137 valence electrons.